The normalized spacial score (nSPS) is 25.6. The number of carbonyl (C=O) groups is 2. The number of likely N-dealkylation sites (tertiary alicyclic amines) is 1. The van der Waals surface area contributed by atoms with Crippen LogP contribution in [0.1, 0.15) is 46.5 Å². The van der Waals surface area contributed by atoms with Gasteiger partial charge >= 0.3 is 12.0 Å². The third-order valence-corrected chi connectivity index (χ3v) is 3.70. The average molecular weight is 256 g/mol. The summed E-state index contributed by atoms with van der Waals surface area (Å²) in [6.45, 7) is 6.20. The molecule has 1 aliphatic heterocycles. The quantitative estimate of drug-likeness (QED) is 0.809. The number of carbonyl (C=O) groups excluding carboxylic acids is 1. The second-order valence-electron chi connectivity index (χ2n) is 5.30. The van der Waals surface area contributed by atoms with E-state index in [0.29, 0.717) is 13.0 Å². The number of hydrogen-bond donors (Lipinski definition) is 2. The summed E-state index contributed by atoms with van der Waals surface area (Å²) < 4.78 is 0. The van der Waals surface area contributed by atoms with Crippen LogP contribution in [0.25, 0.3) is 0 Å². The maximum Gasteiger partial charge on any atom is 0.317 e. The number of nitrogens with zero attached hydrogens (tertiary/aromatic N) is 1. The molecule has 1 rings (SSSR count). The first-order chi connectivity index (χ1) is 8.43. The maximum absolute atomic E-state index is 12.0. The van der Waals surface area contributed by atoms with Crippen molar-refractivity contribution in [3.63, 3.8) is 0 Å². The Labute approximate surface area is 109 Å². The lowest BCUT2D eigenvalue weighted by molar-refractivity contribution is -0.141. The Bertz CT molecular complexity index is 297. The molecule has 0 aliphatic carbocycles. The predicted octanol–water partition coefficient (Wildman–Crippen LogP) is 2.07. The second-order valence-corrected chi connectivity index (χ2v) is 5.30. The van der Waals surface area contributed by atoms with Gasteiger partial charge in [-0.3, -0.25) is 4.79 Å². The third kappa shape index (κ3) is 3.89. The highest BCUT2D eigenvalue weighted by atomic mass is 16.4. The minimum Gasteiger partial charge on any atom is -0.481 e. The van der Waals surface area contributed by atoms with Gasteiger partial charge in [0.05, 0.1) is 5.92 Å². The zero-order chi connectivity index (χ0) is 13.7. The summed E-state index contributed by atoms with van der Waals surface area (Å²) in [4.78, 5) is 24.6. The number of amides is 2. The van der Waals surface area contributed by atoms with Crippen molar-refractivity contribution in [1.82, 2.24) is 10.2 Å². The highest BCUT2D eigenvalue weighted by Crippen LogP contribution is 2.22. The van der Waals surface area contributed by atoms with Crippen LogP contribution in [0.2, 0.25) is 0 Å². The molecule has 0 spiro atoms. The Morgan fingerprint density at radius 1 is 1.33 bits per heavy atom. The second kappa shape index (κ2) is 6.61. The van der Waals surface area contributed by atoms with Crippen molar-refractivity contribution >= 4 is 12.0 Å². The summed E-state index contributed by atoms with van der Waals surface area (Å²) in [5, 5.41) is 11.6. The van der Waals surface area contributed by atoms with Crippen molar-refractivity contribution in [3.05, 3.63) is 0 Å². The van der Waals surface area contributed by atoms with Gasteiger partial charge in [-0.05, 0) is 39.5 Å². The summed E-state index contributed by atoms with van der Waals surface area (Å²) in [6.07, 6.45) is 3.73. The molecule has 1 unspecified atom stereocenters. The lowest BCUT2D eigenvalue weighted by Crippen LogP contribution is -2.52. The van der Waals surface area contributed by atoms with Gasteiger partial charge in [0.1, 0.15) is 0 Å². The van der Waals surface area contributed by atoms with E-state index in [0.717, 1.165) is 12.8 Å². The highest BCUT2D eigenvalue weighted by Gasteiger charge is 2.28. The Hall–Kier alpha value is -1.26. The number of urea groups is 1. The van der Waals surface area contributed by atoms with Crippen molar-refractivity contribution < 1.29 is 14.7 Å². The van der Waals surface area contributed by atoms with E-state index in [1.807, 2.05) is 4.90 Å². The van der Waals surface area contributed by atoms with Gasteiger partial charge in [0.25, 0.3) is 0 Å². The number of carboxylic acids is 1. The molecule has 18 heavy (non-hydrogen) atoms. The fourth-order valence-electron chi connectivity index (χ4n) is 2.43. The SMILES string of the molecule is CC(CCNC(=O)N1[C@H](C)CCC[C@@H]1C)C(=O)O. The van der Waals surface area contributed by atoms with E-state index >= 15 is 0 Å². The molecular weight excluding hydrogens is 232 g/mol. The maximum atomic E-state index is 12.0. The first-order valence-electron chi connectivity index (χ1n) is 6.72. The van der Waals surface area contributed by atoms with Crippen LogP contribution in [-0.4, -0.2) is 40.6 Å². The molecule has 5 nitrogen and oxygen atoms in total. The molecule has 0 aromatic rings. The number of piperidine rings is 1. The first kappa shape index (κ1) is 14.8. The zero-order valence-electron chi connectivity index (χ0n) is 11.5. The molecule has 0 aromatic heterocycles. The van der Waals surface area contributed by atoms with Crippen molar-refractivity contribution in [2.75, 3.05) is 6.54 Å². The Kier molecular flexibility index (Phi) is 5.44. The molecule has 1 aliphatic rings. The van der Waals surface area contributed by atoms with Crippen LogP contribution in [0.3, 0.4) is 0 Å². The van der Waals surface area contributed by atoms with E-state index in [1.165, 1.54) is 6.42 Å². The van der Waals surface area contributed by atoms with E-state index < -0.39 is 11.9 Å². The number of aliphatic carboxylic acids is 1. The Morgan fingerprint density at radius 2 is 1.89 bits per heavy atom. The van der Waals surface area contributed by atoms with Gasteiger partial charge in [0.2, 0.25) is 0 Å². The van der Waals surface area contributed by atoms with Gasteiger partial charge < -0.3 is 15.3 Å². The van der Waals surface area contributed by atoms with Crippen LogP contribution < -0.4 is 5.32 Å². The van der Waals surface area contributed by atoms with Crippen LogP contribution in [0, 0.1) is 5.92 Å². The standard InChI is InChI=1S/C13H24N2O3/c1-9(12(16)17)7-8-14-13(18)15-10(2)5-4-6-11(15)3/h9-11H,4-8H2,1-3H3,(H,14,18)(H,16,17)/t9?,10-,11+. The number of nitrogens with one attached hydrogen (secondary N) is 1. The van der Waals surface area contributed by atoms with Crippen molar-refractivity contribution in [1.29, 1.82) is 0 Å². The van der Waals surface area contributed by atoms with E-state index in [2.05, 4.69) is 19.2 Å². The summed E-state index contributed by atoms with van der Waals surface area (Å²) in [5.41, 5.74) is 0. The summed E-state index contributed by atoms with van der Waals surface area (Å²) in [5.74, 6) is -1.23. The molecule has 0 aromatic carbocycles. The average Bonchev–Trinajstić information content (AvgIpc) is 2.28. The molecule has 0 bridgehead atoms. The molecular formula is C13H24N2O3. The fraction of sp³-hybridized carbons (Fsp3) is 0.846. The molecule has 104 valence electrons. The molecule has 3 atom stereocenters. The Morgan fingerprint density at radius 3 is 2.39 bits per heavy atom. The van der Waals surface area contributed by atoms with Gasteiger partial charge in [-0.1, -0.05) is 6.92 Å². The van der Waals surface area contributed by atoms with E-state index in [9.17, 15) is 9.59 Å². The zero-order valence-corrected chi connectivity index (χ0v) is 11.5. The topological polar surface area (TPSA) is 69.6 Å². The summed E-state index contributed by atoms with van der Waals surface area (Å²) >= 11 is 0. The molecule has 0 radical (unpaired) electrons. The van der Waals surface area contributed by atoms with Crippen molar-refractivity contribution in [2.45, 2.75) is 58.5 Å². The number of rotatable bonds is 4. The van der Waals surface area contributed by atoms with Crippen LogP contribution in [-0.2, 0) is 4.79 Å². The van der Waals surface area contributed by atoms with Gasteiger partial charge in [0.15, 0.2) is 0 Å². The molecule has 0 saturated carbocycles. The highest BCUT2D eigenvalue weighted by molar-refractivity contribution is 5.75. The van der Waals surface area contributed by atoms with Gasteiger partial charge in [0, 0.05) is 18.6 Å². The van der Waals surface area contributed by atoms with E-state index in [4.69, 9.17) is 5.11 Å². The monoisotopic (exact) mass is 256 g/mol. The smallest absolute Gasteiger partial charge is 0.317 e. The van der Waals surface area contributed by atoms with E-state index in [-0.39, 0.29) is 18.1 Å². The summed E-state index contributed by atoms with van der Waals surface area (Å²) in [6, 6.07) is 0.476. The minimum absolute atomic E-state index is 0.0627. The fourth-order valence-corrected chi connectivity index (χ4v) is 2.43. The predicted molar refractivity (Wildman–Crippen MR) is 69.4 cm³/mol. The van der Waals surface area contributed by atoms with Crippen LogP contribution in [0.5, 0.6) is 0 Å². The molecule has 1 heterocycles. The van der Waals surface area contributed by atoms with Gasteiger partial charge in [-0.25, -0.2) is 4.79 Å². The van der Waals surface area contributed by atoms with Gasteiger partial charge in [-0.15, -0.1) is 0 Å². The van der Waals surface area contributed by atoms with Crippen molar-refractivity contribution in [2.24, 2.45) is 5.92 Å². The third-order valence-electron chi connectivity index (χ3n) is 3.70. The summed E-state index contributed by atoms with van der Waals surface area (Å²) in [7, 11) is 0. The minimum atomic E-state index is -0.816. The van der Waals surface area contributed by atoms with E-state index in [1.54, 1.807) is 6.92 Å². The number of carboxylic acid groups (broad SMARTS) is 1. The van der Waals surface area contributed by atoms with Gasteiger partial charge in [-0.2, -0.15) is 0 Å². The molecule has 2 N–H and O–H groups in total. The lowest BCUT2D eigenvalue weighted by Gasteiger charge is -2.38. The van der Waals surface area contributed by atoms with Crippen LogP contribution in [0.4, 0.5) is 4.79 Å². The molecule has 5 heteroatoms. The van der Waals surface area contributed by atoms with Crippen LogP contribution in [0.15, 0.2) is 0 Å². The number of hydrogen-bond acceptors (Lipinski definition) is 2. The Balaban J connectivity index is 2.37. The largest absolute Gasteiger partial charge is 0.481 e. The molecule has 1 saturated heterocycles. The van der Waals surface area contributed by atoms with Crippen LogP contribution >= 0.6 is 0 Å². The lowest BCUT2D eigenvalue weighted by atomic mass is 9.98. The first-order valence-corrected chi connectivity index (χ1v) is 6.72. The molecule has 1 fully saturated rings. The van der Waals surface area contributed by atoms with Crippen molar-refractivity contribution in [3.8, 4) is 0 Å². The molecule has 2 amide bonds.